The fourth-order valence-electron chi connectivity index (χ4n) is 2.78. The molecule has 0 aliphatic carbocycles. The second kappa shape index (κ2) is 6.51. The van der Waals surface area contributed by atoms with Crippen molar-refractivity contribution in [3.8, 4) is 0 Å². The van der Waals surface area contributed by atoms with E-state index in [1.54, 1.807) is 0 Å². The predicted molar refractivity (Wildman–Crippen MR) is 77.0 cm³/mol. The van der Waals surface area contributed by atoms with Gasteiger partial charge in [-0.15, -0.1) is 0 Å². The summed E-state index contributed by atoms with van der Waals surface area (Å²) in [5.41, 5.74) is 0.139. The Kier molecular flexibility index (Phi) is 4.97. The van der Waals surface area contributed by atoms with Crippen LogP contribution in [0.3, 0.4) is 0 Å². The van der Waals surface area contributed by atoms with Crippen LogP contribution in [0, 0.1) is 5.92 Å². The molecule has 1 aromatic carbocycles. The Balaban J connectivity index is 1.82. The molecule has 0 radical (unpaired) electrons. The van der Waals surface area contributed by atoms with Gasteiger partial charge in [-0.1, -0.05) is 37.3 Å². The molecule has 1 heterocycles. The van der Waals surface area contributed by atoms with Gasteiger partial charge in [0.1, 0.15) is 0 Å². The number of rotatable bonds is 6. The van der Waals surface area contributed by atoms with Gasteiger partial charge < -0.3 is 15.2 Å². The van der Waals surface area contributed by atoms with Crippen molar-refractivity contribution < 1.29 is 9.84 Å². The van der Waals surface area contributed by atoms with Gasteiger partial charge in [-0.3, -0.25) is 0 Å². The van der Waals surface area contributed by atoms with Crippen LogP contribution in [0.4, 0.5) is 0 Å². The van der Waals surface area contributed by atoms with Gasteiger partial charge in [0.05, 0.1) is 11.7 Å². The van der Waals surface area contributed by atoms with E-state index in [1.807, 2.05) is 37.3 Å². The maximum Gasteiger partial charge on any atom is 0.0992 e. The number of ether oxygens (including phenoxy) is 1. The van der Waals surface area contributed by atoms with E-state index in [9.17, 15) is 5.11 Å². The third-order valence-electron chi connectivity index (χ3n) is 4.02. The van der Waals surface area contributed by atoms with Gasteiger partial charge in [-0.25, -0.2) is 0 Å². The third-order valence-corrected chi connectivity index (χ3v) is 4.02. The Hall–Kier alpha value is -0.900. The Labute approximate surface area is 116 Å². The standard InChI is InChI=1S/C16H25NO2/c1-3-15-13(9-10-19-15)11-17-12-16(2,18)14-7-5-4-6-8-14/h4-8,13,15,17-18H,3,9-12H2,1-2H3. The molecule has 0 bridgehead atoms. The largest absolute Gasteiger partial charge is 0.384 e. The lowest BCUT2D eigenvalue weighted by Gasteiger charge is -2.26. The Morgan fingerprint density at radius 2 is 2.11 bits per heavy atom. The second-order valence-electron chi connectivity index (χ2n) is 5.64. The summed E-state index contributed by atoms with van der Waals surface area (Å²) in [6, 6.07) is 9.82. The molecule has 3 atom stereocenters. The molecular weight excluding hydrogens is 238 g/mol. The molecule has 1 aromatic rings. The minimum atomic E-state index is -0.817. The minimum absolute atomic E-state index is 0.383. The third kappa shape index (κ3) is 3.78. The Morgan fingerprint density at radius 3 is 2.79 bits per heavy atom. The fourth-order valence-corrected chi connectivity index (χ4v) is 2.78. The van der Waals surface area contributed by atoms with Crippen LogP contribution in [0.2, 0.25) is 0 Å². The molecule has 0 spiro atoms. The maximum absolute atomic E-state index is 10.5. The van der Waals surface area contributed by atoms with Crippen molar-refractivity contribution >= 4 is 0 Å². The highest BCUT2D eigenvalue weighted by molar-refractivity contribution is 5.21. The van der Waals surface area contributed by atoms with Gasteiger partial charge in [0.2, 0.25) is 0 Å². The van der Waals surface area contributed by atoms with Gasteiger partial charge in [0.25, 0.3) is 0 Å². The van der Waals surface area contributed by atoms with E-state index in [4.69, 9.17) is 4.74 Å². The predicted octanol–water partition coefficient (Wildman–Crippen LogP) is 2.30. The molecule has 2 N–H and O–H groups in total. The highest BCUT2D eigenvalue weighted by Crippen LogP contribution is 2.23. The SMILES string of the molecule is CCC1OCCC1CNCC(C)(O)c1ccccc1. The van der Waals surface area contributed by atoms with E-state index in [1.165, 1.54) is 0 Å². The summed E-state index contributed by atoms with van der Waals surface area (Å²) in [7, 11) is 0. The monoisotopic (exact) mass is 263 g/mol. The fraction of sp³-hybridized carbons (Fsp3) is 0.625. The van der Waals surface area contributed by atoms with Crippen molar-refractivity contribution in [2.75, 3.05) is 19.7 Å². The molecule has 2 rings (SSSR count). The topological polar surface area (TPSA) is 41.5 Å². The zero-order valence-corrected chi connectivity index (χ0v) is 11.9. The summed E-state index contributed by atoms with van der Waals surface area (Å²) in [5.74, 6) is 0.580. The first-order valence-corrected chi connectivity index (χ1v) is 7.23. The molecule has 0 aromatic heterocycles. The van der Waals surface area contributed by atoms with E-state index in [-0.39, 0.29) is 0 Å². The van der Waals surface area contributed by atoms with E-state index >= 15 is 0 Å². The van der Waals surface area contributed by atoms with E-state index in [0.717, 1.165) is 31.6 Å². The average Bonchev–Trinajstić information content (AvgIpc) is 2.87. The normalized spacial score (nSPS) is 26.3. The molecule has 1 aliphatic rings. The van der Waals surface area contributed by atoms with Crippen LogP contribution >= 0.6 is 0 Å². The van der Waals surface area contributed by atoms with Crippen molar-refractivity contribution in [1.82, 2.24) is 5.32 Å². The maximum atomic E-state index is 10.5. The number of nitrogens with one attached hydrogen (secondary N) is 1. The lowest BCUT2D eigenvalue weighted by Crippen LogP contribution is -2.38. The van der Waals surface area contributed by atoms with Crippen LogP contribution in [0.1, 0.15) is 32.3 Å². The Bertz CT molecular complexity index is 378. The van der Waals surface area contributed by atoms with Gasteiger partial charge >= 0.3 is 0 Å². The van der Waals surface area contributed by atoms with Crippen molar-refractivity contribution in [2.24, 2.45) is 5.92 Å². The van der Waals surface area contributed by atoms with Crippen LogP contribution in [-0.2, 0) is 10.3 Å². The number of hydrogen-bond acceptors (Lipinski definition) is 3. The number of hydrogen-bond donors (Lipinski definition) is 2. The van der Waals surface area contributed by atoms with Gasteiger partial charge in [-0.2, -0.15) is 0 Å². The average molecular weight is 263 g/mol. The second-order valence-corrected chi connectivity index (χ2v) is 5.64. The summed E-state index contributed by atoms with van der Waals surface area (Å²) in [6.45, 7) is 6.40. The first-order valence-electron chi connectivity index (χ1n) is 7.23. The van der Waals surface area contributed by atoms with Crippen molar-refractivity contribution in [3.63, 3.8) is 0 Å². The van der Waals surface area contributed by atoms with Crippen molar-refractivity contribution in [3.05, 3.63) is 35.9 Å². The van der Waals surface area contributed by atoms with Gasteiger partial charge in [0.15, 0.2) is 0 Å². The molecule has 106 valence electrons. The van der Waals surface area contributed by atoms with E-state index in [2.05, 4.69) is 12.2 Å². The number of aliphatic hydroxyl groups is 1. The van der Waals surface area contributed by atoms with E-state index in [0.29, 0.717) is 18.6 Å². The molecule has 1 saturated heterocycles. The molecule has 19 heavy (non-hydrogen) atoms. The zero-order chi connectivity index (χ0) is 13.7. The highest BCUT2D eigenvalue weighted by atomic mass is 16.5. The van der Waals surface area contributed by atoms with Gasteiger partial charge in [-0.05, 0) is 31.2 Å². The summed E-state index contributed by atoms with van der Waals surface area (Å²) >= 11 is 0. The van der Waals surface area contributed by atoms with Crippen molar-refractivity contribution in [2.45, 2.75) is 38.4 Å². The molecule has 3 heteroatoms. The summed E-state index contributed by atoms with van der Waals surface area (Å²) in [6.07, 6.45) is 2.58. The molecule has 1 fully saturated rings. The smallest absolute Gasteiger partial charge is 0.0992 e. The van der Waals surface area contributed by atoms with E-state index < -0.39 is 5.60 Å². The molecule has 3 nitrogen and oxygen atoms in total. The van der Waals surface area contributed by atoms with Crippen LogP contribution in [-0.4, -0.2) is 30.9 Å². The molecule has 0 saturated carbocycles. The Morgan fingerprint density at radius 1 is 1.37 bits per heavy atom. The lowest BCUT2D eigenvalue weighted by atomic mass is 9.95. The molecule has 1 aliphatic heterocycles. The lowest BCUT2D eigenvalue weighted by molar-refractivity contribution is 0.0520. The first-order chi connectivity index (χ1) is 9.13. The summed E-state index contributed by atoms with van der Waals surface area (Å²) < 4.78 is 5.68. The van der Waals surface area contributed by atoms with Crippen LogP contribution in [0.5, 0.6) is 0 Å². The number of benzene rings is 1. The summed E-state index contributed by atoms with van der Waals surface area (Å²) in [5, 5.41) is 13.9. The summed E-state index contributed by atoms with van der Waals surface area (Å²) in [4.78, 5) is 0. The van der Waals surface area contributed by atoms with Gasteiger partial charge in [0, 0.05) is 19.7 Å². The minimum Gasteiger partial charge on any atom is -0.384 e. The van der Waals surface area contributed by atoms with Crippen LogP contribution in [0.25, 0.3) is 0 Å². The zero-order valence-electron chi connectivity index (χ0n) is 11.9. The van der Waals surface area contributed by atoms with Crippen LogP contribution < -0.4 is 5.32 Å². The molecule has 3 unspecified atom stereocenters. The van der Waals surface area contributed by atoms with Crippen molar-refractivity contribution in [1.29, 1.82) is 0 Å². The molecule has 0 amide bonds. The first kappa shape index (κ1) is 14.5. The van der Waals surface area contributed by atoms with Crippen LogP contribution in [0.15, 0.2) is 30.3 Å². The molecular formula is C16H25NO2. The highest BCUT2D eigenvalue weighted by Gasteiger charge is 2.28. The quantitative estimate of drug-likeness (QED) is 0.827.